The van der Waals surface area contributed by atoms with Gasteiger partial charge >= 0.3 is 0 Å². The zero-order chi connectivity index (χ0) is 21.7. The molecule has 2 aromatic carbocycles. The average molecular weight is 465 g/mol. The fourth-order valence-corrected chi connectivity index (χ4v) is 3.66. The second kappa shape index (κ2) is 9.48. The molecule has 3 nitrogen and oxygen atoms in total. The lowest BCUT2D eigenvalue weighted by molar-refractivity contribution is 0.0759. The van der Waals surface area contributed by atoms with E-state index in [4.69, 9.17) is 0 Å². The molecule has 0 unspecified atom stereocenters. The van der Waals surface area contributed by atoms with Crippen LogP contribution in [0.4, 0.5) is 0 Å². The molecule has 1 heterocycles. The summed E-state index contributed by atoms with van der Waals surface area (Å²) < 4.78 is 3.26. The minimum Gasteiger partial charge on any atom is -0.345 e. The molecule has 0 fully saturated rings. The first-order valence-corrected chi connectivity index (χ1v) is 11.0. The minimum absolute atomic E-state index is 0.0201. The van der Waals surface area contributed by atoms with Gasteiger partial charge in [0.2, 0.25) is 0 Å². The van der Waals surface area contributed by atoms with Crippen molar-refractivity contribution in [2.24, 2.45) is 0 Å². The summed E-state index contributed by atoms with van der Waals surface area (Å²) in [5.41, 5.74) is 4.30. The smallest absolute Gasteiger partial charge is 0.254 e. The maximum absolute atomic E-state index is 13.2. The summed E-state index contributed by atoms with van der Waals surface area (Å²) in [6, 6.07) is 20.4. The van der Waals surface area contributed by atoms with Gasteiger partial charge in [0.25, 0.3) is 5.91 Å². The molecule has 0 saturated carbocycles. The van der Waals surface area contributed by atoms with Crippen LogP contribution in [0.1, 0.15) is 48.0 Å². The lowest BCUT2D eigenvalue weighted by Crippen LogP contribution is -2.31. The molecule has 156 valence electrons. The molecule has 3 rings (SSSR count). The quantitative estimate of drug-likeness (QED) is 0.370. The lowest BCUT2D eigenvalue weighted by atomic mass is 9.86. The molecule has 0 aliphatic rings. The number of aromatic nitrogens is 1. The van der Waals surface area contributed by atoms with Gasteiger partial charge < -0.3 is 9.47 Å². The molecule has 0 spiro atoms. The van der Waals surface area contributed by atoms with Crippen molar-refractivity contribution in [1.82, 2.24) is 9.47 Å². The van der Waals surface area contributed by atoms with Gasteiger partial charge in [0, 0.05) is 35.0 Å². The van der Waals surface area contributed by atoms with Crippen LogP contribution in [-0.2, 0) is 18.5 Å². The van der Waals surface area contributed by atoms with Crippen molar-refractivity contribution in [3.05, 3.63) is 106 Å². The third kappa shape index (κ3) is 5.51. The summed E-state index contributed by atoms with van der Waals surface area (Å²) in [4.78, 5) is 15.0. The average Bonchev–Trinajstić information content (AvgIpc) is 3.15. The number of halogens is 1. The summed E-state index contributed by atoms with van der Waals surface area (Å²) in [6.45, 7) is 12.2. The topological polar surface area (TPSA) is 25.2 Å². The van der Waals surface area contributed by atoms with Gasteiger partial charge in [-0.3, -0.25) is 4.79 Å². The highest BCUT2D eigenvalue weighted by Crippen LogP contribution is 2.23. The second-order valence-corrected chi connectivity index (χ2v) is 9.47. The zero-order valence-electron chi connectivity index (χ0n) is 17.9. The monoisotopic (exact) mass is 464 g/mol. The van der Waals surface area contributed by atoms with Crippen molar-refractivity contribution in [2.45, 2.75) is 39.3 Å². The Balaban J connectivity index is 1.77. The first-order chi connectivity index (χ1) is 14.3. The highest BCUT2D eigenvalue weighted by atomic mass is 79.9. The number of rotatable bonds is 7. The molecular formula is C26H29BrN2O. The number of benzene rings is 2. The van der Waals surface area contributed by atoms with Crippen LogP contribution in [0.2, 0.25) is 0 Å². The third-order valence-electron chi connectivity index (χ3n) is 5.18. The number of carbonyl (C=O) groups is 1. The van der Waals surface area contributed by atoms with Crippen LogP contribution < -0.4 is 0 Å². The van der Waals surface area contributed by atoms with Crippen molar-refractivity contribution in [2.75, 3.05) is 6.54 Å². The van der Waals surface area contributed by atoms with Crippen LogP contribution in [0.15, 0.2) is 84.0 Å². The highest BCUT2D eigenvalue weighted by molar-refractivity contribution is 9.10. The molecular weight excluding hydrogens is 436 g/mol. The Bertz CT molecular complexity index is 995. The molecule has 0 aliphatic heterocycles. The number of amides is 1. The van der Waals surface area contributed by atoms with E-state index in [2.05, 4.69) is 84.4 Å². The van der Waals surface area contributed by atoms with E-state index in [-0.39, 0.29) is 11.3 Å². The van der Waals surface area contributed by atoms with Gasteiger partial charge in [0.05, 0.1) is 6.54 Å². The maximum atomic E-state index is 13.2. The minimum atomic E-state index is 0.0201. The molecule has 1 amide bonds. The SMILES string of the molecule is C=CCN(Cc1cccn1Cc1ccc(Br)cc1)C(=O)c1ccc(C(C)(C)C)cc1. The summed E-state index contributed by atoms with van der Waals surface area (Å²) >= 11 is 3.48. The molecule has 4 heteroatoms. The van der Waals surface area contributed by atoms with Crippen LogP contribution >= 0.6 is 15.9 Å². The van der Waals surface area contributed by atoms with Gasteiger partial charge in [-0.1, -0.05) is 67.0 Å². The van der Waals surface area contributed by atoms with Gasteiger partial charge in [-0.25, -0.2) is 0 Å². The number of nitrogens with zero attached hydrogens (tertiary/aromatic N) is 2. The third-order valence-corrected chi connectivity index (χ3v) is 5.71. The molecule has 0 N–H and O–H groups in total. The zero-order valence-corrected chi connectivity index (χ0v) is 19.5. The summed E-state index contributed by atoms with van der Waals surface area (Å²) in [5, 5.41) is 0. The van der Waals surface area contributed by atoms with Crippen LogP contribution in [0.5, 0.6) is 0 Å². The molecule has 0 radical (unpaired) electrons. The van der Waals surface area contributed by atoms with E-state index >= 15 is 0 Å². The Morgan fingerprint density at radius 1 is 1.07 bits per heavy atom. The summed E-state index contributed by atoms with van der Waals surface area (Å²) in [5.74, 6) is 0.0201. The molecule has 0 atom stereocenters. The fourth-order valence-electron chi connectivity index (χ4n) is 3.40. The molecule has 0 saturated heterocycles. The molecule has 0 aliphatic carbocycles. The fraction of sp³-hybridized carbons (Fsp3) is 0.269. The van der Waals surface area contributed by atoms with Crippen LogP contribution in [0, 0.1) is 0 Å². The van der Waals surface area contributed by atoms with E-state index in [0.29, 0.717) is 18.7 Å². The molecule has 30 heavy (non-hydrogen) atoms. The first kappa shape index (κ1) is 22.1. The van der Waals surface area contributed by atoms with Gasteiger partial charge in [0.1, 0.15) is 0 Å². The Hall–Kier alpha value is -2.59. The Labute approximate surface area is 188 Å². The largest absolute Gasteiger partial charge is 0.345 e. The van der Waals surface area contributed by atoms with Crippen LogP contribution in [0.25, 0.3) is 0 Å². The number of hydrogen-bond acceptors (Lipinski definition) is 1. The predicted molar refractivity (Wildman–Crippen MR) is 128 cm³/mol. The van der Waals surface area contributed by atoms with Crippen molar-refractivity contribution >= 4 is 21.8 Å². The maximum Gasteiger partial charge on any atom is 0.254 e. The molecule has 3 aromatic rings. The van der Waals surface area contributed by atoms with Crippen molar-refractivity contribution in [3.63, 3.8) is 0 Å². The highest BCUT2D eigenvalue weighted by Gasteiger charge is 2.18. The van der Waals surface area contributed by atoms with Gasteiger partial charge in [-0.05, 0) is 52.9 Å². The van der Waals surface area contributed by atoms with E-state index < -0.39 is 0 Å². The lowest BCUT2D eigenvalue weighted by Gasteiger charge is -2.23. The van der Waals surface area contributed by atoms with Gasteiger partial charge in [-0.2, -0.15) is 0 Å². The predicted octanol–water partition coefficient (Wildman–Crippen LogP) is 6.42. The molecule has 0 bridgehead atoms. The standard InChI is InChI=1S/C26H29BrN2O/c1-5-16-29(25(30)21-10-12-22(13-11-21)26(2,3)4)19-24-7-6-17-28(24)18-20-8-14-23(27)15-9-20/h5-15,17H,1,16,18-19H2,2-4H3. The molecule has 1 aromatic heterocycles. The summed E-state index contributed by atoms with van der Waals surface area (Å²) in [7, 11) is 0. The summed E-state index contributed by atoms with van der Waals surface area (Å²) in [6.07, 6.45) is 3.84. The van der Waals surface area contributed by atoms with E-state index in [1.54, 1.807) is 6.08 Å². The van der Waals surface area contributed by atoms with Crippen LogP contribution in [0.3, 0.4) is 0 Å². The second-order valence-electron chi connectivity index (χ2n) is 8.56. The normalized spacial score (nSPS) is 11.3. The van der Waals surface area contributed by atoms with Gasteiger partial charge in [-0.15, -0.1) is 6.58 Å². The Kier molecular flexibility index (Phi) is 6.99. The Morgan fingerprint density at radius 2 is 1.73 bits per heavy atom. The van der Waals surface area contributed by atoms with E-state index in [1.807, 2.05) is 35.2 Å². The number of hydrogen-bond donors (Lipinski definition) is 0. The van der Waals surface area contributed by atoms with Gasteiger partial charge in [0.15, 0.2) is 0 Å². The van der Waals surface area contributed by atoms with Crippen molar-refractivity contribution in [3.8, 4) is 0 Å². The number of carbonyl (C=O) groups excluding carboxylic acids is 1. The first-order valence-electron chi connectivity index (χ1n) is 10.2. The Morgan fingerprint density at radius 3 is 2.33 bits per heavy atom. The van der Waals surface area contributed by atoms with Crippen LogP contribution in [-0.4, -0.2) is 21.9 Å². The van der Waals surface area contributed by atoms with E-state index in [0.717, 1.165) is 16.7 Å². The van der Waals surface area contributed by atoms with Crippen molar-refractivity contribution in [1.29, 1.82) is 0 Å². The van der Waals surface area contributed by atoms with E-state index in [9.17, 15) is 4.79 Å². The van der Waals surface area contributed by atoms with Crippen molar-refractivity contribution < 1.29 is 4.79 Å². The van der Waals surface area contributed by atoms with E-state index in [1.165, 1.54) is 11.1 Å².